The van der Waals surface area contributed by atoms with Crippen LogP contribution in [0, 0.1) is 5.41 Å². The normalized spacial score (nSPS) is 27.4. The van der Waals surface area contributed by atoms with Gasteiger partial charge >= 0.3 is 5.97 Å². The van der Waals surface area contributed by atoms with E-state index in [1.165, 1.54) is 0 Å². The van der Waals surface area contributed by atoms with Crippen molar-refractivity contribution in [2.45, 2.75) is 44.6 Å². The molecule has 2 fully saturated rings. The van der Waals surface area contributed by atoms with Crippen LogP contribution in [0.15, 0.2) is 0 Å². The minimum Gasteiger partial charge on any atom is -0.480 e. The van der Waals surface area contributed by atoms with E-state index in [1.807, 2.05) is 0 Å². The second kappa shape index (κ2) is 4.64. The van der Waals surface area contributed by atoms with Crippen LogP contribution in [0.3, 0.4) is 0 Å². The summed E-state index contributed by atoms with van der Waals surface area (Å²) >= 11 is 0. The van der Waals surface area contributed by atoms with Crippen LogP contribution in [0.1, 0.15) is 38.5 Å². The van der Waals surface area contributed by atoms with Crippen molar-refractivity contribution >= 4 is 11.9 Å². The lowest BCUT2D eigenvalue weighted by Gasteiger charge is -2.45. The molecule has 5 nitrogen and oxygen atoms in total. The molecule has 96 valence electrons. The number of carboxylic acids is 1. The Balaban J connectivity index is 2.13. The zero-order valence-corrected chi connectivity index (χ0v) is 10.0. The quantitative estimate of drug-likeness (QED) is 0.756. The Bertz CT molecular complexity index is 320. The largest absolute Gasteiger partial charge is 0.480 e. The van der Waals surface area contributed by atoms with E-state index in [4.69, 9.17) is 10.8 Å². The van der Waals surface area contributed by atoms with E-state index in [9.17, 15) is 9.59 Å². The van der Waals surface area contributed by atoms with E-state index in [2.05, 4.69) is 0 Å². The summed E-state index contributed by atoms with van der Waals surface area (Å²) in [5, 5.41) is 9.16. The maximum absolute atomic E-state index is 12.4. The van der Waals surface area contributed by atoms with Gasteiger partial charge in [0.25, 0.3) is 0 Å². The van der Waals surface area contributed by atoms with Crippen molar-refractivity contribution in [3.05, 3.63) is 0 Å². The van der Waals surface area contributed by atoms with Crippen molar-refractivity contribution in [1.82, 2.24) is 4.90 Å². The first kappa shape index (κ1) is 12.4. The molecule has 5 heteroatoms. The maximum atomic E-state index is 12.4. The maximum Gasteiger partial charge on any atom is 0.326 e. The molecule has 1 saturated heterocycles. The second-order valence-corrected chi connectivity index (χ2v) is 5.19. The van der Waals surface area contributed by atoms with Gasteiger partial charge in [-0.05, 0) is 32.1 Å². The van der Waals surface area contributed by atoms with Gasteiger partial charge in [-0.2, -0.15) is 0 Å². The molecule has 3 N–H and O–H groups in total. The molecule has 0 aromatic carbocycles. The molecule has 0 aromatic heterocycles. The summed E-state index contributed by atoms with van der Waals surface area (Å²) in [6.07, 6.45) is 5.00. The smallest absolute Gasteiger partial charge is 0.326 e. The first-order chi connectivity index (χ1) is 8.10. The lowest BCUT2D eigenvalue weighted by Crippen LogP contribution is -2.57. The summed E-state index contributed by atoms with van der Waals surface area (Å²) in [6, 6.07) is -0.639. The van der Waals surface area contributed by atoms with Crippen LogP contribution < -0.4 is 5.73 Å². The Labute approximate surface area is 101 Å². The fraction of sp³-hybridized carbons (Fsp3) is 0.833. The van der Waals surface area contributed by atoms with Gasteiger partial charge < -0.3 is 15.7 Å². The lowest BCUT2D eigenvalue weighted by atomic mass is 9.67. The Hall–Kier alpha value is -1.10. The van der Waals surface area contributed by atoms with E-state index in [0.29, 0.717) is 19.5 Å². The topological polar surface area (TPSA) is 83.6 Å². The fourth-order valence-electron chi connectivity index (χ4n) is 2.84. The van der Waals surface area contributed by atoms with Gasteiger partial charge in [-0.3, -0.25) is 4.79 Å². The Kier molecular flexibility index (Phi) is 3.38. The van der Waals surface area contributed by atoms with Crippen LogP contribution in [0.2, 0.25) is 0 Å². The number of aliphatic carboxylic acids is 1. The molecule has 17 heavy (non-hydrogen) atoms. The summed E-state index contributed by atoms with van der Waals surface area (Å²) in [6.45, 7) is 0.909. The van der Waals surface area contributed by atoms with Crippen molar-refractivity contribution in [3.8, 4) is 0 Å². The SMILES string of the molecule is NCC1(C(=O)N2CCCCC2C(=O)O)CCC1. The number of piperidine rings is 1. The van der Waals surface area contributed by atoms with Crippen LogP contribution in [0.5, 0.6) is 0 Å². The third-order valence-corrected chi connectivity index (χ3v) is 4.20. The lowest BCUT2D eigenvalue weighted by molar-refractivity contribution is -0.160. The molecule has 1 atom stereocenters. The third kappa shape index (κ3) is 2.04. The molecule has 0 bridgehead atoms. The molecule has 2 rings (SSSR count). The highest BCUT2D eigenvalue weighted by Crippen LogP contribution is 2.42. The molecule has 1 saturated carbocycles. The monoisotopic (exact) mass is 240 g/mol. The molecular formula is C12H20N2O3. The van der Waals surface area contributed by atoms with Crippen LogP contribution >= 0.6 is 0 Å². The standard InChI is InChI=1S/C12H20N2O3/c13-8-12(5-3-6-12)11(17)14-7-2-1-4-9(14)10(15)16/h9H,1-8,13H2,(H,15,16). The number of amides is 1. The number of likely N-dealkylation sites (tertiary alicyclic amines) is 1. The fourth-order valence-corrected chi connectivity index (χ4v) is 2.84. The molecule has 0 aromatic rings. The molecule has 0 spiro atoms. The van der Waals surface area contributed by atoms with Gasteiger partial charge in [-0.25, -0.2) is 4.79 Å². The summed E-state index contributed by atoms with van der Waals surface area (Å²) in [5.74, 6) is -0.914. The second-order valence-electron chi connectivity index (χ2n) is 5.19. The van der Waals surface area contributed by atoms with Crippen molar-refractivity contribution in [1.29, 1.82) is 0 Å². The number of hydrogen-bond acceptors (Lipinski definition) is 3. The third-order valence-electron chi connectivity index (χ3n) is 4.20. The van der Waals surface area contributed by atoms with Gasteiger partial charge in [0.15, 0.2) is 0 Å². The zero-order chi connectivity index (χ0) is 12.5. The molecule has 1 amide bonds. The highest BCUT2D eigenvalue weighted by molar-refractivity contribution is 5.88. The summed E-state index contributed by atoms with van der Waals surface area (Å²) < 4.78 is 0. The summed E-state index contributed by atoms with van der Waals surface area (Å²) in [7, 11) is 0. The number of hydrogen-bond donors (Lipinski definition) is 2. The molecule has 1 unspecified atom stereocenters. The van der Waals surface area contributed by atoms with Crippen molar-refractivity contribution in [3.63, 3.8) is 0 Å². The number of carbonyl (C=O) groups is 2. The van der Waals surface area contributed by atoms with Crippen molar-refractivity contribution in [2.24, 2.45) is 11.1 Å². The van der Waals surface area contributed by atoms with Gasteiger partial charge in [0.2, 0.25) is 5.91 Å². The van der Waals surface area contributed by atoms with Crippen LogP contribution in [0.4, 0.5) is 0 Å². The highest BCUT2D eigenvalue weighted by atomic mass is 16.4. The van der Waals surface area contributed by atoms with E-state index in [-0.39, 0.29) is 5.91 Å². The molecule has 1 aliphatic carbocycles. The minimum absolute atomic E-state index is 0.0293. The summed E-state index contributed by atoms with van der Waals surface area (Å²) in [4.78, 5) is 25.1. The van der Waals surface area contributed by atoms with Crippen molar-refractivity contribution in [2.75, 3.05) is 13.1 Å². The van der Waals surface area contributed by atoms with Gasteiger partial charge in [-0.15, -0.1) is 0 Å². The Morgan fingerprint density at radius 2 is 2.00 bits per heavy atom. The number of nitrogens with two attached hydrogens (primary N) is 1. The van der Waals surface area contributed by atoms with Crippen LogP contribution in [0.25, 0.3) is 0 Å². The number of rotatable bonds is 3. The van der Waals surface area contributed by atoms with E-state index >= 15 is 0 Å². The molecule has 1 heterocycles. The van der Waals surface area contributed by atoms with Gasteiger partial charge in [0, 0.05) is 13.1 Å². The Morgan fingerprint density at radius 3 is 2.47 bits per heavy atom. The van der Waals surface area contributed by atoms with Crippen molar-refractivity contribution < 1.29 is 14.7 Å². The van der Waals surface area contributed by atoms with E-state index in [1.54, 1.807) is 4.90 Å². The van der Waals surface area contributed by atoms with Crippen LogP contribution in [-0.2, 0) is 9.59 Å². The van der Waals surface area contributed by atoms with E-state index < -0.39 is 17.4 Å². The highest BCUT2D eigenvalue weighted by Gasteiger charge is 2.47. The molecule has 0 radical (unpaired) electrons. The van der Waals surface area contributed by atoms with Gasteiger partial charge in [0.05, 0.1) is 5.41 Å². The first-order valence-corrected chi connectivity index (χ1v) is 6.35. The number of carboxylic acid groups (broad SMARTS) is 1. The van der Waals surface area contributed by atoms with Gasteiger partial charge in [0.1, 0.15) is 6.04 Å². The zero-order valence-electron chi connectivity index (χ0n) is 10.0. The number of nitrogens with zero attached hydrogens (tertiary/aromatic N) is 1. The Morgan fingerprint density at radius 1 is 1.29 bits per heavy atom. The first-order valence-electron chi connectivity index (χ1n) is 6.35. The molecule has 1 aliphatic heterocycles. The minimum atomic E-state index is -0.885. The average Bonchev–Trinajstić information content (AvgIpc) is 2.28. The average molecular weight is 240 g/mol. The number of carbonyl (C=O) groups excluding carboxylic acids is 1. The summed E-state index contributed by atoms with van der Waals surface area (Å²) in [5.41, 5.74) is 5.25. The van der Waals surface area contributed by atoms with E-state index in [0.717, 1.165) is 32.1 Å². The molecular weight excluding hydrogens is 220 g/mol. The predicted molar refractivity (Wildman–Crippen MR) is 62.3 cm³/mol. The predicted octanol–water partition coefficient (Wildman–Crippen LogP) is 0.581. The molecule has 2 aliphatic rings. The van der Waals surface area contributed by atoms with Gasteiger partial charge in [-0.1, -0.05) is 6.42 Å². The van der Waals surface area contributed by atoms with Crippen LogP contribution in [-0.4, -0.2) is 41.0 Å².